The zero-order chi connectivity index (χ0) is 40.5. The Morgan fingerprint density at radius 1 is 0.536 bits per heavy atom. The van der Waals surface area contributed by atoms with E-state index in [0.717, 1.165) is 18.7 Å². The first kappa shape index (κ1) is 38.8. The fourth-order valence-corrected chi connectivity index (χ4v) is 3.26. The molecule has 0 aliphatic heterocycles. The van der Waals surface area contributed by atoms with Gasteiger partial charge in [-0.05, 0) is 49.5 Å². The SMILES string of the molecule is CN=CC=Nc1nc(N=[N+]=[N-])nn1-c1nnc(-n2nc(C)nc2N=[N+]=[N-])nn1.O=CC=O.[N-]=[N+]=Nc1nc(N)n(-c2nnc(-n3nc(N=[N+]=[N-])nc3N)nn2)n1. The van der Waals surface area contributed by atoms with Gasteiger partial charge in [0.2, 0.25) is 35.7 Å². The van der Waals surface area contributed by atoms with E-state index in [1.54, 1.807) is 14.0 Å². The van der Waals surface area contributed by atoms with Crippen LogP contribution in [0.3, 0.4) is 0 Å². The monoisotopic (exact) mass is 766 g/mol. The predicted molar refractivity (Wildman–Crippen MR) is 178 cm³/mol. The van der Waals surface area contributed by atoms with Crippen molar-refractivity contribution in [2.75, 3.05) is 18.5 Å². The molecule has 0 saturated carbocycles. The molecule has 38 heteroatoms. The van der Waals surface area contributed by atoms with Gasteiger partial charge in [-0.3, -0.25) is 14.6 Å². The molecule has 0 atom stereocenters. The van der Waals surface area contributed by atoms with Gasteiger partial charge in [0.05, 0.1) is 0 Å². The van der Waals surface area contributed by atoms with Crippen LogP contribution in [-0.2, 0) is 9.59 Å². The lowest BCUT2D eigenvalue weighted by Gasteiger charge is -2.01. The molecule has 0 fully saturated rings. The molecule has 6 aromatic rings. The first-order chi connectivity index (χ1) is 27.2. The maximum absolute atomic E-state index is 8.81. The van der Waals surface area contributed by atoms with Crippen molar-refractivity contribution in [2.45, 2.75) is 6.92 Å². The average molecular weight is 767 g/mol. The zero-order valence-corrected chi connectivity index (χ0v) is 27.5. The third kappa shape index (κ3) is 9.59. The highest BCUT2D eigenvalue weighted by atomic mass is 16.2. The number of rotatable bonds is 11. The van der Waals surface area contributed by atoms with Crippen LogP contribution in [0, 0.1) is 6.92 Å². The number of nitrogens with two attached hydrogens (primary N) is 2. The summed E-state index contributed by atoms with van der Waals surface area (Å²) in [6.45, 7) is 1.60. The topological polar surface area (TPSA) is 532 Å². The molecule has 38 nitrogen and oxygen atoms in total. The van der Waals surface area contributed by atoms with Gasteiger partial charge in [0.15, 0.2) is 12.6 Å². The molecule has 0 bridgehead atoms. The van der Waals surface area contributed by atoms with Crippen LogP contribution in [-0.4, -0.2) is 132 Å². The van der Waals surface area contributed by atoms with Crippen molar-refractivity contribution in [3.8, 4) is 23.8 Å². The minimum Gasteiger partial charge on any atom is -0.368 e. The Labute approximate surface area is 303 Å². The Morgan fingerprint density at radius 3 is 1.34 bits per heavy atom. The molecule has 0 aliphatic carbocycles. The van der Waals surface area contributed by atoms with Crippen LogP contribution in [0.15, 0.2) is 30.4 Å². The number of hydrogen-bond donors (Lipinski definition) is 2. The normalized spacial score (nSPS) is 10.1. The van der Waals surface area contributed by atoms with Gasteiger partial charge in [0.1, 0.15) is 5.82 Å². The zero-order valence-electron chi connectivity index (χ0n) is 27.5. The molecule has 0 spiro atoms. The summed E-state index contributed by atoms with van der Waals surface area (Å²) in [7, 11) is 1.56. The Morgan fingerprint density at radius 2 is 0.929 bits per heavy atom. The summed E-state index contributed by atoms with van der Waals surface area (Å²) in [6, 6.07) is 0. The van der Waals surface area contributed by atoms with Gasteiger partial charge in [0.25, 0.3) is 29.7 Å². The van der Waals surface area contributed by atoms with Crippen molar-refractivity contribution in [2.24, 2.45) is 30.4 Å². The maximum atomic E-state index is 8.81. The van der Waals surface area contributed by atoms with Crippen molar-refractivity contribution in [3.05, 3.63) is 47.6 Å². The molecule has 0 amide bonds. The number of aryl methyl sites for hydroxylation is 1. The van der Waals surface area contributed by atoms with E-state index in [2.05, 4.69) is 131 Å². The van der Waals surface area contributed by atoms with Crippen molar-refractivity contribution in [1.82, 2.24) is 99.8 Å². The van der Waals surface area contributed by atoms with Crippen LogP contribution in [0.1, 0.15) is 5.82 Å². The Balaban J connectivity index is 0.000000229. The molecule has 0 aromatic carbocycles. The Kier molecular flexibility index (Phi) is 13.0. The van der Waals surface area contributed by atoms with E-state index in [9.17, 15) is 0 Å². The van der Waals surface area contributed by atoms with Gasteiger partial charge in [-0.15, -0.1) is 61.2 Å². The lowest BCUT2D eigenvalue weighted by Crippen LogP contribution is -2.14. The molecule has 0 aliphatic rings. The number of hydrogen-bond acceptors (Lipinski definition) is 26. The molecule has 278 valence electrons. The van der Waals surface area contributed by atoms with E-state index >= 15 is 0 Å². The van der Waals surface area contributed by atoms with E-state index in [0.29, 0.717) is 5.82 Å². The number of azide groups is 4. The van der Waals surface area contributed by atoms with Gasteiger partial charge in [-0.25, -0.2) is 9.98 Å². The molecule has 0 saturated heterocycles. The third-order valence-corrected chi connectivity index (χ3v) is 5.19. The summed E-state index contributed by atoms with van der Waals surface area (Å²) in [6.07, 6.45) is 3.15. The van der Waals surface area contributed by atoms with Crippen LogP contribution in [0.2, 0.25) is 0 Å². The van der Waals surface area contributed by atoms with Gasteiger partial charge >= 0.3 is 0 Å². The maximum Gasteiger partial charge on any atom is 0.292 e. The molecular weight excluding hydrogens is 752 g/mol. The molecular formula is C18H14N36O2. The predicted octanol–water partition coefficient (Wildman–Crippen LogP) is -0.117. The molecule has 0 unspecified atom stereocenters. The molecule has 6 rings (SSSR count). The van der Waals surface area contributed by atoms with E-state index < -0.39 is 0 Å². The van der Waals surface area contributed by atoms with E-state index in [1.165, 1.54) is 12.4 Å². The van der Waals surface area contributed by atoms with Crippen LogP contribution in [0.25, 0.3) is 65.6 Å². The number of aldehydes is 2. The Hall–Kier alpha value is -10.0. The lowest BCUT2D eigenvalue weighted by molar-refractivity contribution is -0.122. The summed E-state index contributed by atoms with van der Waals surface area (Å²) in [4.78, 5) is 50.9. The summed E-state index contributed by atoms with van der Waals surface area (Å²) in [5.74, 6) is -1.15. The average Bonchev–Trinajstić information content (AvgIpc) is 3.98. The van der Waals surface area contributed by atoms with Gasteiger partial charge in [-0.2, -0.15) is 33.7 Å². The lowest BCUT2D eigenvalue weighted by atomic mass is 10.8. The van der Waals surface area contributed by atoms with Crippen LogP contribution in [0.4, 0.5) is 41.6 Å². The van der Waals surface area contributed by atoms with Crippen LogP contribution in [0.5, 0.6) is 0 Å². The van der Waals surface area contributed by atoms with E-state index in [1.807, 2.05) is 0 Å². The summed E-state index contributed by atoms with van der Waals surface area (Å²) in [5.41, 5.74) is 45.0. The third-order valence-electron chi connectivity index (χ3n) is 5.19. The van der Waals surface area contributed by atoms with Crippen LogP contribution >= 0.6 is 0 Å². The fraction of sp³-hybridized carbons (Fsp3) is 0.111. The van der Waals surface area contributed by atoms with Gasteiger partial charge in [-0.1, -0.05) is 0 Å². The second-order valence-corrected chi connectivity index (χ2v) is 8.57. The standard InChI is InChI=1S/C10H8N18.C6H4N18.C2H2O2/c1-5-15-8(22-26-12)28(23-5)10-20-18-9(19-21-10)27-7(14-4-3-13-2)16-6(24-27)17-25-11;7-1-11-3(13-21-9)19-23(1)5-15-17-6(18-16-5)24-2(8)12-4(20-24)14-22-10;3-1-2-4/h3-4H,1-2H3;(H2,7,11,19)(H2,8,12,20);1-2H. The number of aromatic nitrogens is 20. The number of nitrogens with zero attached hydrogens (tertiary/aromatic N) is 34. The van der Waals surface area contributed by atoms with Crippen molar-refractivity contribution < 1.29 is 9.59 Å². The Bertz CT molecular complexity index is 2490. The van der Waals surface area contributed by atoms with Crippen LogP contribution < -0.4 is 11.5 Å². The highest BCUT2D eigenvalue weighted by Crippen LogP contribution is 2.18. The number of nitrogen functional groups attached to an aromatic ring is 2. The first-order valence-electron chi connectivity index (χ1n) is 13.8. The van der Waals surface area contributed by atoms with Crippen molar-refractivity contribution in [3.63, 3.8) is 0 Å². The molecule has 56 heavy (non-hydrogen) atoms. The minimum absolute atomic E-state index is 0.00465. The molecule has 0 radical (unpaired) electrons. The summed E-state index contributed by atoms with van der Waals surface area (Å²) < 4.78 is 4.06. The van der Waals surface area contributed by atoms with Crippen molar-refractivity contribution in [1.29, 1.82) is 0 Å². The molecule has 6 aromatic heterocycles. The van der Waals surface area contributed by atoms with Crippen molar-refractivity contribution >= 4 is 66.6 Å². The second-order valence-electron chi connectivity index (χ2n) is 8.57. The smallest absolute Gasteiger partial charge is 0.292 e. The number of aliphatic imine (C=N–C) groups is 2. The van der Waals surface area contributed by atoms with E-state index in [4.69, 9.17) is 43.2 Å². The number of carbonyl (C=O) groups excluding carboxylic acids is 2. The molecule has 6 heterocycles. The largest absolute Gasteiger partial charge is 0.368 e. The van der Waals surface area contributed by atoms with E-state index in [-0.39, 0.29) is 78.0 Å². The fourth-order valence-electron chi connectivity index (χ4n) is 3.26. The second kappa shape index (κ2) is 18.8. The number of anilines is 2. The minimum atomic E-state index is -0.220. The van der Waals surface area contributed by atoms with Gasteiger partial charge < -0.3 is 11.5 Å². The quantitative estimate of drug-likeness (QED) is 0.0433. The molecule has 4 N–H and O–H groups in total. The summed E-state index contributed by atoms with van der Waals surface area (Å²) in [5, 5.41) is 58.9. The highest BCUT2D eigenvalue weighted by molar-refractivity contribution is 6.16. The summed E-state index contributed by atoms with van der Waals surface area (Å²) >= 11 is 0. The first-order valence-corrected chi connectivity index (χ1v) is 13.8. The highest BCUT2D eigenvalue weighted by Gasteiger charge is 2.17. The van der Waals surface area contributed by atoms with Gasteiger partial charge in [0, 0.05) is 39.1 Å². The number of carbonyl (C=O) groups is 2.